The van der Waals surface area contributed by atoms with Gasteiger partial charge in [-0.2, -0.15) is 0 Å². The topological polar surface area (TPSA) is 78.9 Å². The van der Waals surface area contributed by atoms with Gasteiger partial charge in [0, 0.05) is 19.3 Å². The lowest BCUT2D eigenvalue weighted by Gasteiger charge is -2.18. The number of rotatable bonds is 56. The minimum atomic E-state index is -0.773. The molecule has 68 heavy (non-hydrogen) atoms. The summed E-state index contributed by atoms with van der Waals surface area (Å²) in [6.07, 6.45) is 67.7. The van der Waals surface area contributed by atoms with Crippen molar-refractivity contribution in [3.8, 4) is 0 Å². The average Bonchev–Trinajstić information content (AvgIpc) is 3.34. The molecular formula is C62H116O6. The fraction of sp³-hybridized carbons (Fsp3) is 0.887. The Morgan fingerprint density at radius 2 is 0.559 bits per heavy atom. The van der Waals surface area contributed by atoms with E-state index in [-0.39, 0.29) is 31.1 Å². The van der Waals surface area contributed by atoms with E-state index in [9.17, 15) is 14.4 Å². The first-order valence-electron chi connectivity index (χ1n) is 30.3. The number of unbranched alkanes of at least 4 members (excludes halogenated alkanes) is 41. The summed E-state index contributed by atoms with van der Waals surface area (Å²) in [5.41, 5.74) is 0. The van der Waals surface area contributed by atoms with Gasteiger partial charge in [0.05, 0.1) is 0 Å². The van der Waals surface area contributed by atoms with Gasteiger partial charge < -0.3 is 14.2 Å². The maximum atomic E-state index is 12.8. The van der Waals surface area contributed by atoms with E-state index in [4.69, 9.17) is 14.2 Å². The Balaban J connectivity index is 4.09. The molecule has 1 atom stereocenters. The smallest absolute Gasteiger partial charge is 0.306 e. The summed E-state index contributed by atoms with van der Waals surface area (Å²) in [6, 6.07) is 0. The summed E-state index contributed by atoms with van der Waals surface area (Å²) in [6.45, 7) is 6.60. The summed E-state index contributed by atoms with van der Waals surface area (Å²) in [7, 11) is 0. The predicted octanol–water partition coefficient (Wildman–Crippen LogP) is 20.3. The van der Waals surface area contributed by atoms with Crippen molar-refractivity contribution in [2.75, 3.05) is 13.2 Å². The molecule has 0 radical (unpaired) electrons. The number of allylic oxidation sites excluding steroid dienone is 4. The van der Waals surface area contributed by atoms with Crippen LogP contribution in [0, 0.1) is 0 Å². The lowest BCUT2D eigenvalue weighted by atomic mass is 10.0. The van der Waals surface area contributed by atoms with Crippen LogP contribution in [-0.2, 0) is 28.6 Å². The molecule has 0 rings (SSSR count). The van der Waals surface area contributed by atoms with Crippen molar-refractivity contribution in [2.24, 2.45) is 0 Å². The minimum absolute atomic E-state index is 0.0719. The molecule has 6 heteroatoms. The molecule has 0 aliphatic heterocycles. The van der Waals surface area contributed by atoms with Crippen molar-refractivity contribution in [1.29, 1.82) is 0 Å². The largest absolute Gasteiger partial charge is 0.462 e. The third-order valence-electron chi connectivity index (χ3n) is 13.7. The molecular weight excluding hydrogens is 841 g/mol. The number of hydrogen-bond donors (Lipinski definition) is 0. The first kappa shape index (κ1) is 65.9. The maximum Gasteiger partial charge on any atom is 0.306 e. The summed E-state index contributed by atoms with van der Waals surface area (Å²) in [5.74, 6) is -0.868. The third-order valence-corrected chi connectivity index (χ3v) is 13.7. The van der Waals surface area contributed by atoms with E-state index in [1.165, 1.54) is 205 Å². The molecule has 0 aromatic carbocycles. The van der Waals surface area contributed by atoms with E-state index in [0.717, 1.165) is 89.9 Å². The van der Waals surface area contributed by atoms with Crippen molar-refractivity contribution in [3.63, 3.8) is 0 Å². The fourth-order valence-corrected chi connectivity index (χ4v) is 9.13. The molecule has 0 saturated heterocycles. The Bertz CT molecular complexity index is 1100. The zero-order chi connectivity index (χ0) is 49.3. The predicted molar refractivity (Wildman–Crippen MR) is 293 cm³/mol. The molecule has 0 aromatic rings. The first-order chi connectivity index (χ1) is 33.5. The average molecular weight is 958 g/mol. The van der Waals surface area contributed by atoms with Gasteiger partial charge in [-0.15, -0.1) is 0 Å². The highest BCUT2D eigenvalue weighted by molar-refractivity contribution is 5.71. The standard InChI is InChI=1S/C62H116O6/c1-4-7-10-13-16-19-22-24-25-26-27-28-29-30-31-32-33-34-35-36-37-39-40-43-46-49-52-55-61(64)67-58-59(57-66-60(63)54-51-48-45-42-21-18-15-12-9-6-3)68-62(65)56-53-50-47-44-41-38-23-20-17-14-11-8-5-2/h11,14,20,23,59H,4-10,12-13,15-19,21-22,24-58H2,1-3H3/b14-11-,23-20-. The zero-order valence-corrected chi connectivity index (χ0v) is 45.9. The van der Waals surface area contributed by atoms with Crippen LogP contribution in [0.3, 0.4) is 0 Å². The minimum Gasteiger partial charge on any atom is -0.462 e. The van der Waals surface area contributed by atoms with E-state index in [1.54, 1.807) is 0 Å². The monoisotopic (exact) mass is 957 g/mol. The number of carbonyl (C=O) groups is 3. The molecule has 0 amide bonds. The Morgan fingerprint density at radius 1 is 0.294 bits per heavy atom. The SMILES string of the molecule is CCC/C=C\C/C=C\CCCCCCCC(=O)OC(COC(=O)CCCCCCCCCCCC)COC(=O)CCCCCCCCCCCCCCCCCCCCCCCCCCCCC. The summed E-state index contributed by atoms with van der Waals surface area (Å²) >= 11 is 0. The molecule has 0 aliphatic rings. The number of esters is 3. The highest BCUT2D eigenvalue weighted by Crippen LogP contribution is 2.18. The van der Waals surface area contributed by atoms with Crippen LogP contribution in [0.2, 0.25) is 0 Å². The fourth-order valence-electron chi connectivity index (χ4n) is 9.13. The van der Waals surface area contributed by atoms with Crippen LogP contribution in [0.15, 0.2) is 24.3 Å². The lowest BCUT2D eigenvalue weighted by molar-refractivity contribution is -0.167. The molecule has 0 aliphatic carbocycles. The van der Waals surface area contributed by atoms with Crippen molar-refractivity contribution in [1.82, 2.24) is 0 Å². The van der Waals surface area contributed by atoms with Gasteiger partial charge in [-0.1, -0.05) is 295 Å². The van der Waals surface area contributed by atoms with Crippen molar-refractivity contribution in [3.05, 3.63) is 24.3 Å². The van der Waals surface area contributed by atoms with E-state index < -0.39 is 6.10 Å². The maximum absolute atomic E-state index is 12.8. The summed E-state index contributed by atoms with van der Waals surface area (Å²) in [4.78, 5) is 38.0. The van der Waals surface area contributed by atoms with Gasteiger partial charge in [-0.3, -0.25) is 14.4 Å². The third kappa shape index (κ3) is 54.8. The van der Waals surface area contributed by atoms with Crippen molar-refractivity contribution in [2.45, 2.75) is 341 Å². The van der Waals surface area contributed by atoms with Crippen LogP contribution in [0.4, 0.5) is 0 Å². The van der Waals surface area contributed by atoms with Gasteiger partial charge in [0.15, 0.2) is 6.10 Å². The van der Waals surface area contributed by atoms with Crippen LogP contribution in [0.25, 0.3) is 0 Å². The molecule has 6 nitrogen and oxygen atoms in total. The molecule has 0 aromatic heterocycles. The second-order valence-electron chi connectivity index (χ2n) is 20.6. The van der Waals surface area contributed by atoms with Crippen molar-refractivity contribution >= 4 is 17.9 Å². The van der Waals surface area contributed by atoms with E-state index in [0.29, 0.717) is 19.3 Å². The van der Waals surface area contributed by atoms with Gasteiger partial charge in [0.1, 0.15) is 13.2 Å². The number of carbonyl (C=O) groups excluding carboxylic acids is 3. The lowest BCUT2D eigenvalue weighted by Crippen LogP contribution is -2.30. The highest BCUT2D eigenvalue weighted by atomic mass is 16.6. The number of ether oxygens (including phenoxy) is 3. The summed E-state index contributed by atoms with van der Waals surface area (Å²) < 4.78 is 16.8. The van der Waals surface area contributed by atoms with Gasteiger partial charge in [-0.25, -0.2) is 0 Å². The number of hydrogen-bond acceptors (Lipinski definition) is 6. The van der Waals surface area contributed by atoms with E-state index >= 15 is 0 Å². The van der Waals surface area contributed by atoms with Gasteiger partial charge >= 0.3 is 17.9 Å². The normalized spacial score (nSPS) is 12.1. The van der Waals surface area contributed by atoms with Gasteiger partial charge in [0.2, 0.25) is 0 Å². The Morgan fingerprint density at radius 3 is 0.868 bits per heavy atom. The quantitative estimate of drug-likeness (QED) is 0.0262. The Labute approximate surface area is 423 Å². The van der Waals surface area contributed by atoms with Gasteiger partial charge in [-0.05, 0) is 44.9 Å². The van der Waals surface area contributed by atoms with Crippen LogP contribution in [-0.4, -0.2) is 37.2 Å². The Kier molecular flexibility index (Phi) is 55.7. The Hall–Kier alpha value is -2.11. The first-order valence-corrected chi connectivity index (χ1v) is 30.3. The molecule has 0 bridgehead atoms. The van der Waals surface area contributed by atoms with E-state index in [2.05, 4.69) is 45.1 Å². The summed E-state index contributed by atoms with van der Waals surface area (Å²) in [5, 5.41) is 0. The molecule has 0 heterocycles. The molecule has 0 fully saturated rings. The highest BCUT2D eigenvalue weighted by Gasteiger charge is 2.19. The van der Waals surface area contributed by atoms with Crippen molar-refractivity contribution < 1.29 is 28.6 Å². The molecule has 400 valence electrons. The zero-order valence-electron chi connectivity index (χ0n) is 45.9. The second-order valence-corrected chi connectivity index (χ2v) is 20.6. The second kappa shape index (κ2) is 57.5. The van der Waals surface area contributed by atoms with Crippen LogP contribution in [0.1, 0.15) is 335 Å². The van der Waals surface area contributed by atoms with Crippen LogP contribution >= 0.6 is 0 Å². The molecule has 0 spiro atoms. The van der Waals surface area contributed by atoms with Crippen LogP contribution < -0.4 is 0 Å². The van der Waals surface area contributed by atoms with Gasteiger partial charge in [0.25, 0.3) is 0 Å². The van der Waals surface area contributed by atoms with Crippen LogP contribution in [0.5, 0.6) is 0 Å². The van der Waals surface area contributed by atoms with E-state index in [1.807, 2.05) is 0 Å². The molecule has 1 unspecified atom stereocenters. The molecule has 0 N–H and O–H groups in total. The molecule has 0 saturated carbocycles.